The lowest BCUT2D eigenvalue weighted by Crippen LogP contribution is -2.47. The molecular formula is C32H35N9O2. The molecule has 1 saturated heterocycles. The van der Waals surface area contributed by atoms with Gasteiger partial charge in [-0.3, -0.25) is 24.1 Å². The van der Waals surface area contributed by atoms with Crippen LogP contribution in [0, 0.1) is 0 Å². The SMILES string of the molecule is O=C(c1c(-c2ccccc2)n(C2CCCCC2)c(=O)n1Cc1cc(-c2cn[nH]c2)nc(-c2cn[nH]c2)c1)N1CCNCC1. The highest BCUT2D eigenvalue weighted by molar-refractivity contribution is 5.99. The Morgan fingerprint density at radius 3 is 2.12 bits per heavy atom. The van der Waals surface area contributed by atoms with Crippen molar-refractivity contribution in [3.8, 4) is 33.8 Å². The molecule has 11 nitrogen and oxygen atoms in total. The van der Waals surface area contributed by atoms with Crippen molar-refractivity contribution in [2.45, 2.75) is 44.7 Å². The molecule has 1 amide bonds. The van der Waals surface area contributed by atoms with Gasteiger partial charge in [0.05, 0.1) is 36.0 Å². The largest absolute Gasteiger partial charge is 0.335 e. The summed E-state index contributed by atoms with van der Waals surface area (Å²) in [5.41, 5.74) is 5.89. The van der Waals surface area contributed by atoms with Crippen molar-refractivity contribution in [2.75, 3.05) is 26.2 Å². The fourth-order valence-corrected chi connectivity index (χ4v) is 6.43. The topological polar surface area (TPSA) is 130 Å². The number of pyridine rings is 1. The number of carbonyl (C=O) groups is 1. The van der Waals surface area contributed by atoms with Crippen molar-refractivity contribution in [3.63, 3.8) is 0 Å². The fraction of sp³-hybridized carbons (Fsp3) is 0.344. The van der Waals surface area contributed by atoms with Crippen molar-refractivity contribution in [3.05, 3.63) is 89.0 Å². The Balaban J connectivity index is 1.43. The maximum absolute atomic E-state index is 14.6. The molecule has 3 N–H and O–H groups in total. The molecule has 5 aromatic rings. The van der Waals surface area contributed by atoms with Crippen molar-refractivity contribution >= 4 is 5.91 Å². The van der Waals surface area contributed by atoms with Crippen molar-refractivity contribution in [2.24, 2.45) is 0 Å². The summed E-state index contributed by atoms with van der Waals surface area (Å²) in [6.07, 6.45) is 12.2. The maximum Gasteiger partial charge on any atom is 0.329 e. The summed E-state index contributed by atoms with van der Waals surface area (Å²) in [7, 11) is 0. The van der Waals surface area contributed by atoms with E-state index < -0.39 is 0 Å². The third-order valence-corrected chi connectivity index (χ3v) is 8.58. The molecule has 1 aliphatic carbocycles. The van der Waals surface area contributed by atoms with Crippen LogP contribution in [-0.2, 0) is 6.54 Å². The fourth-order valence-electron chi connectivity index (χ4n) is 6.43. The zero-order valence-electron chi connectivity index (χ0n) is 24.0. The monoisotopic (exact) mass is 577 g/mol. The molecule has 0 atom stereocenters. The number of H-pyrrole nitrogens is 2. The number of hydrogen-bond acceptors (Lipinski definition) is 6. The number of nitrogens with one attached hydrogen (secondary N) is 3. The van der Waals surface area contributed by atoms with Crippen LogP contribution < -0.4 is 11.0 Å². The van der Waals surface area contributed by atoms with Gasteiger partial charge in [-0.2, -0.15) is 10.2 Å². The second-order valence-electron chi connectivity index (χ2n) is 11.4. The lowest BCUT2D eigenvalue weighted by atomic mass is 9.94. The Hall–Kier alpha value is -4.77. The number of rotatable bonds is 7. The van der Waals surface area contributed by atoms with Crippen molar-refractivity contribution in [1.82, 2.24) is 44.7 Å². The minimum absolute atomic E-state index is 0.0488. The quantitative estimate of drug-likeness (QED) is 0.267. The van der Waals surface area contributed by atoms with E-state index in [1.165, 1.54) is 6.42 Å². The van der Waals surface area contributed by atoms with Crippen LogP contribution in [0.4, 0.5) is 0 Å². The highest BCUT2D eigenvalue weighted by Crippen LogP contribution is 2.34. The van der Waals surface area contributed by atoms with Crippen LogP contribution >= 0.6 is 0 Å². The van der Waals surface area contributed by atoms with Gasteiger partial charge < -0.3 is 10.2 Å². The summed E-state index contributed by atoms with van der Waals surface area (Å²) in [6.45, 7) is 2.88. The molecule has 2 fully saturated rings. The van der Waals surface area contributed by atoms with Gasteiger partial charge in [0, 0.05) is 61.3 Å². The molecule has 220 valence electrons. The molecule has 1 aliphatic heterocycles. The van der Waals surface area contributed by atoms with Crippen LogP contribution in [0.2, 0.25) is 0 Å². The first-order valence-electron chi connectivity index (χ1n) is 15.1. The molecule has 11 heteroatoms. The molecule has 7 rings (SSSR count). The predicted molar refractivity (Wildman–Crippen MR) is 164 cm³/mol. The number of aromatic nitrogens is 7. The Morgan fingerprint density at radius 1 is 0.860 bits per heavy atom. The van der Waals surface area contributed by atoms with Gasteiger partial charge in [-0.25, -0.2) is 9.78 Å². The maximum atomic E-state index is 14.6. The van der Waals surface area contributed by atoms with E-state index in [1.807, 2.05) is 51.9 Å². The third kappa shape index (κ3) is 5.32. The van der Waals surface area contributed by atoms with E-state index in [1.54, 1.807) is 29.4 Å². The molecule has 2 aliphatic rings. The van der Waals surface area contributed by atoms with Crippen LogP contribution in [0.1, 0.15) is 54.2 Å². The Labute approximate surface area is 249 Å². The number of hydrogen-bond donors (Lipinski definition) is 3. The first kappa shape index (κ1) is 27.1. The third-order valence-electron chi connectivity index (χ3n) is 8.58. The first-order valence-corrected chi connectivity index (χ1v) is 15.1. The summed E-state index contributed by atoms with van der Waals surface area (Å²) >= 11 is 0. The molecule has 1 saturated carbocycles. The normalized spacial score (nSPS) is 16.0. The predicted octanol–water partition coefficient (Wildman–Crippen LogP) is 4.09. The van der Waals surface area contributed by atoms with Crippen LogP contribution in [0.5, 0.6) is 0 Å². The van der Waals surface area contributed by atoms with Gasteiger partial charge in [-0.1, -0.05) is 49.6 Å². The molecule has 0 bridgehead atoms. The van der Waals surface area contributed by atoms with E-state index in [0.29, 0.717) is 18.8 Å². The Bertz CT molecular complexity index is 1690. The number of carbonyl (C=O) groups excluding carboxylic acids is 1. The number of nitrogens with zero attached hydrogens (tertiary/aromatic N) is 6. The Morgan fingerprint density at radius 2 is 1.51 bits per heavy atom. The molecule has 0 spiro atoms. The first-order chi connectivity index (χ1) is 21.2. The van der Waals surface area contributed by atoms with Gasteiger partial charge in [-0.05, 0) is 30.5 Å². The van der Waals surface area contributed by atoms with Gasteiger partial charge in [0.2, 0.25) is 0 Å². The Kier molecular flexibility index (Phi) is 7.46. The molecular weight excluding hydrogens is 542 g/mol. The van der Waals surface area contributed by atoms with Gasteiger partial charge in [0.25, 0.3) is 5.91 Å². The summed E-state index contributed by atoms with van der Waals surface area (Å²) in [4.78, 5) is 35.8. The molecule has 0 radical (unpaired) electrons. The minimum atomic E-state index is -0.143. The lowest BCUT2D eigenvalue weighted by molar-refractivity contribution is 0.0725. The zero-order chi connectivity index (χ0) is 29.2. The summed E-state index contributed by atoms with van der Waals surface area (Å²) in [6, 6.07) is 13.9. The number of aromatic amines is 2. The molecule has 43 heavy (non-hydrogen) atoms. The number of piperazine rings is 1. The second-order valence-corrected chi connectivity index (χ2v) is 11.4. The second kappa shape index (κ2) is 11.8. The van der Waals surface area contributed by atoms with Gasteiger partial charge in [0.1, 0.15) is 5.69 Å². The van der Waals surface area contributed by atoms with Crippen LogP contribution in [0.3, 0.4) is 0 Å². The van der Waals surface area contributed by atoms with Crippen LogP contribution in [-0.4, -0.2) is 71.5 Å². The summed E-state index contributed by atoms with van der Waals surface area (Å²) in [5.74, 6) is -0.105. The average molecular weight is 578 g/mol. The lowest BCUT2D eigenvalue weighted by Gasteiger charge is -2.28. The van der Waals surface area contributed by atoms with Crippen molar-refractivity contribution < 1.29 is 4.79 Å². The van der Waals surface area contributed by atoms with E-state index in [0.717, 1.165) is 78.1 Å². The summed E-state index contributed by atoms with van der Waals surface area (Å²) < 4.78 is 3.63. The number of benzene rings is 1. The molecule has 5 heterocycles. The number of imidazole rings is 1. The van der Waals surface area contributed by atoms with E-state index in [2.05, 4.69) is 25.7 Å². The summed E-state index contributed by atoms with van der Waals surface area (Å²) in [5, 5.41) is 17.3. The highest BCUT2D eigenvalue weighted by atomic mass is 16.2. The number of amides is 1. The minimum Gasteiger partial charge on any atom is -0.335 e. The van der Waals surface area contributed by atoms with E-state index in [9.17, 15) is 9.59 Å². The van der Waals surface area contributed by atoms with Crippen LogP contribution in [0.25, 0.3) is 33.8 Å². The van der Waals surface area contributed by atoms with Gasteiger partial charge in [0.15, 0.2) is 0 Å². The molecule has 4 aromatic heterocycles. The van der Waals surface area contributed by atoms with Gasteiger partial charge in [-0.15, -0.1) is 0 Å². The molecule has 1 aromatic carbocycles. The smallest absolute Gasteiger partial charge is 0.329 e. The standard InChI is InChI=1S/C32H35N9O2/c42-31(39-13-11-33-12-14-39)30-29(23-7-3-1-4-8-23)41(26-9-5-2-6-10-26)32(43)40(30)21-22-15-27(24-17-34-35-18-24)38-28(16-22)25-19-36-37-20-25/h1,3-4,7-8,15-20,26,33H,2,5-6,9-14,21H2,(H,34,35)(H,36,37). The van der Waals surface area contributed by atoms with E-state index in [4.69, 9.17) is 4.98 Å². The van der Waals surface area contributed by atoms with Crippen LogP contribution in [0.15, 0.2) is 72.0 Å². The average Bonchev–Trinajstić information content (AvgIpc) is 3.84. The highest BCUT2D eigenvalue weighted by Gasteiger charge is 2.33. The van der Waals surface area contributed by atoms with Gasteiger partial charge >= 0.3 is 5.69 Å². The van der Waals surface area contributed by atoms with E-state index in [-0.39, 0.29) is 24.2 Å². The molecule has 0 unspecified atom stereocenters. The zero-order valence-corrected chi connectivity index (χ0v) is 24.0. The van der Waals surface area contributed by atoms with E-state index >= 15 is 0 Å². The van der Waals surface area contributed by atoms with Crippen molar-refractivity contribution in [1.29, 1.82) is 0 Å².